The standard InChI is InChI=1S/C23H27N5O3/c1-4-21(29)28-11-12-30-18(14-28)15-31-23-22-20(24-9-10-25-22)13-19(26-23)16-5-7-17(8-6-16)27(2)3/h5-10,13,18H,4,11-12,14-15H2,1-3H3/t18-/m0/s1. The molecule has 8 heteroatoms. The second kappa shape index (κ2) is 9.26. The van der Waals surface area contributed by atoms with E-state index in [0.717, 1.165) is 16.9 Å². The SMILES string of the molecule is CCC(=O)N1CCO[C@H](COc2nc(-c3ccc(N(C)C)cc3)cc3nccnc23)C1. The predicted molar refractivity (Wildman–Crippen MR) is 119 cm³/mol. The van der Waals surface area contributed by atoms with Crippen LogP contribution in [-0.4, -0.2) is 72.3 Å². The number of pyridine rings is 1. The van der Waals surface area contributed by atoms with Crippen molar-refractivity contribution in [3.8, 4) is 17.1 Å². The normalized spacial score (nSPS) is 16.4. The van der Waals surface area contributed by atoms with Crippen LogP contribution in [0.5, 0.6) is 5.88 Å². The molecule has 31 heavy (non-hydrogen) atoms. The summed E-state index contributed by atoms with van der Waals surface area (Å²) in [5.41, 5.74) is 4.17. The van der Waals surface area contributed by atoms with Gasteiger partial charge in [0.1, 0.15) is 12.7 Å². The number of carbonyl (C=O) groups excluding carboxylic acids is 1. The molecule has 0 unspecified atom stereocenters. The van der Waals surface area contributed by atoms with Gasteiger partial charge in [-0.3, -0.25) is 9.78 Å². The van der Waals surface area contributed by atoms with Crippen LogP contribution in [0.25, 0.3) is 22.3 Å². The molecule has 3 heterocycles. The van der Waals surface area contributed by atoms with E-state index >= 15 is 0 Å². The molecule has 8 nitrogen and oxygen atoms in total. The summed E-state index contributed by atoms with van der Waals surface area (Å²) < 4.78 is 11.9. The van der Waals surface area contributed by atoms with E-state index in [1.807, 2.05) is 61.2 Å². The molecule has 2 aromatic heterocycles. The van der Waals surface area contributed by atoms with Gasteiger partial charge in [0.2, 0.25) is 11.8 Å². The highest BCUT2D eigenvalue weighted by atomic mass is 16.5. The zero-order valence-corrected chi connectivity index (χ0v) is 18.1. The quantitative estimate of drug-likeness (QED) is 0.605. The van der Waals surface area contributed by atoms with E-state index in [9.17, 15) is 4.79 Å². The molecule has 1 aliphatic heterocycles. The smallest absolute Gasteiger partial charge is 0.242 e. The highest BCUT2D eigenvalue weighted by Crippen LogP contribution is 2.28. The van der Waals surface area contributed by atoms with Gasteiger partial charge in [0.05, 0.1) is 24.4 Å². The lowest BCUT2D eigenvalue weighted by molar-refractivity contribution is -0.139. The Labute approximate surface area is 181 Å². The average Bonchev–Trinajstić information content (AvgIpc) is 2.82. The molecular formula is C23H27N5O3. The molecular weight excluding hydrogens is 394 g/mol. The molecule has 4 rings (SSSR count). The molecule has 0 spiro atoms. The summed E-state index contributed by atoms with van der Waals surface area (Å²) in [6.45, 7) is 3.80. The van der Waals surface area contributed by atoms with E-state index in [0.29, 0.717) is 43.0 Å². The molecule has 0 aliphatic carbocycles. The summed E-state index contributed by atoms with van der Waals surface area (Å²) in [4.78, 5) is 29.5. The lowest BCUT2D eigenvalue weighted by Gasteiger charge is -2.32. The van der Waals surface area contributed by atoms with Crippen LogP contribution in [0.1, 0.15) is 13.3 Å². The van der Waals surface area contributed by atoms with Gasteiger partial charge < -0.3 is 19.3 Å². The van der Waals surface area contributed by atoms with E-state index < -0.39 is 0 Å². The summed E-state index contributed by atoms with van der Waals surface area (Å²) in [6.07, 6.45) is 3.56. The zero-order chi connectivity index (χ0) is 21.8. The number of carbonyl (C=O) groups is 1. The van der Waals surface area contributed by atoms with Crippen LogP contribution in [0.2, 0.25) is 0 Å². The molecule has 0 radical (unpaired) electrons. The summed E-state index contributed by atoms with van der Waals surface area (Å²) in [7, 11) is 4.01. The number of morpholine rings is 1. The molecule has 1 amide bonds. The predicted octanol–water partition coefficient (Wildman–Crippen LogP) is 2.77. The van der Waals surface area contributed by atoms with Crippen molar-refractivity contribution >= 4 is 22.6 Å². The van der Waals surface area contributed by atoms with Crippen molar-refractivity contribution in [2.45, 2.75) is 19.4 Å². The van der Waals surface area contributed by atoms with Gasteiger partial charge in [-0.2, -0.15) is 0 Å². The Balaban J connectivity index is 1.57. The molecule has 1 atom stereocenters. The van der Waals surface area contributed by atoms with E-state index in [4.69, 9.17) is 14.5 Å². The molecule has 1 fully saturated rings. The summed E-state index contributed by atoms with van der Waals surface area (Å²) in [5, 5.41) is 0. The first kappa shape index (κ1) is 21.0. The summed E-state index contributed by atoms with van der Waals surface area (Å²) in [6, 6.07) is 10.1. The number of amides is 1. The first-order valence-electron chi connectivity index (χ1n) is 10.5. The minimum atomic E-state index is -0.208. The molecule has 0 saturated carbocycles. The van der Waals surface area contributed by atoms with Gasteiger partial charge in [-0.05, 0) is 18.2 Å². The van der Waals surface area contributed by atoms with Crippen LogP contribution < -0.4 is 9.64 Å². The number of aromatic nitrogens is 3. The Kier molecular flexibility index (Phi) is 6.27. The van der Waals surface area contributed by atoms with Crippen LogP contribution in [0.3, 0.4) is 0 Å². The number of ether oxygens (including phenoxy) is 2. The fourth-order valence-electron chi connectivity index (χ4n) is 3.56. The van der Waals surface area contributed by atoms with Gasteiger partial charge in [-0.25, -0.2) is 9.97 Å². The summed E-state index contributed by atoms with van der Waals surface area (Å²) >= 11 is 0. The largest absolute Gasteiger partial charge is 0.473 e. The fraction of sp³-hybridized carbons (Fsp3) is 0.391. The number of anilines is 1. The Morgan fingerprint density at radius 2 is 2.00 bits per heavy atom. The van der Waals surface area contributed by atoms with Crippen LogP contribution in [0, 0.1) is 0 Å². The van der Waals surface area contributed by atoms with Gasteiger partial charge >= 0.3 is 0 Å². The van der Waals surface area contributed by atoms with Crippen LogP contribution in [0.15, 0.2) is 42.7 Å². The highest BCUT2D eigenvalue weighted by molar-refractivity contribution is 5.83. The van der Waals surface area contributed by atoms with E-state index in [1.54, 1.807) is 12.4 Å². The molecule has 3 aromatic rings. The average molecular weight is 422 g/mol. The molecule has 0 bridgehead atoms. The number of hydrogen-bond acceptors (Lipinski definition) is 7. The minimum Gasteiger partial charge on any atom is -0.473 e. The van der Waals surface area contributed by atoms with E-state index in [2.05, 4.69) is 9.97 Å². The van der Waals surface area contributed by atoms with Crippen LogP contribution in [0.4, 0.5) is 5.69 Å². The third-order valence-corrected chi connectivity index (χ3v) is 5.30. The van der Waals surface area contributed by atoms with Crippen molar-refractivity contribution in [3.05, 3.63) is 42.7 Å². The fourth-order valence-corrected chi connectivity index (χ4v) is 3.56. The van der Waals surface area contributed by atoms with E-state index in [1.165, 1.54) is 0 Å². The number of rotatable bonds is 6. The van der Waals surface area contributed by atoms with Crippen molar-refractivity contribution in [1.82, 2.24) is 19.9 Å². The molecule has 1 aromatic carbocycles. The Morgan fingerprint density at radius 1 is 1.23 bits per heavy atom. The number of benzene rings is 1. The topological polar surface area (TPSA) is 80.7 Å². The van der Waals surface area contributed by atoms with Crippen molar-refractivity contribution in [2.24, 2.45) is 0 Å². The zero-order valence-electron chi connectivity index (χ0n) is 18.1. The number of nitrogens with zero attached hydrogens (tertiary/aromatic N) is 5. The van der Waals surface area contributed by atoms with Gasteiger partial charge in [0.15, 0.2) is 5.52 Å². The third kappa shape index (κ3) is 4.74. The van der Waals surface area contributed by atoms with Gasteiger partial charge in [-0.1, -0.05) is 19.1 Å². The van der Waals surface area contributed by atoms with Crippen LogP contribution >= 0.6 is 0 Å². The maximum atomic E-state index is 12.0. The maximum absolute atomic E-state index is 12.0. The first-order chi connectivity index (χ1) is 15.0. The van der Waals surface area contributed by atoms with Gasteiger partial charge in [0.25, 0.3) is 0 Å². The van der Waals surface area contributed by atoms with Gasteiger partial charge in [0, 0.05) is 50.7 Å². The molecule has 1 saturated heterocycles. The Morgan fingerprint density at radius 3 is 2.74 bits per heavy atom. The molecule has 1 aliphatic rings. The summed E-state index contributed by atoms with van der Waals surface area (Å²) in [5.74, 6) is 0.547. The Hall–Kier alpha value is -3.26. The third-order valence-electron chi connectivity index (χ3n) is 5.30. The maximum Gasteiger partial charge on any atom is 0.242 e. The molecule has 0 N–H and O–H groups in total. The number of fused-ring (bicyclic) bond motifs is 1. The second-order valence-corrected chi connectivity index (χ2v) is 7.68. The number of hydrogen-bond donors (Lipinski definition) is 0. The lowest BCUT2D eigenvalue weighted by Crippen LogP contribution is -2.47. The van der Waals surface area contributed by atoms with E-state index in [-0.39, 0.29) is 18.6 Å². The monoisotopic (exact) mass is 421 g/mol. The second-order valence-electron chi connectivity index (χ2n) is 7.68. The van der Waals surface area contributed by atoms with Gasteiger partial charge in [-0.15, -0.1) is 0 Å². The Bertz CT molecular complexity index is 1050. The van der Waals surface area contributed by atoms with Crippen molar-refractivity contribution in [1.29, 1.82) is 0 Å². The minimum absolute atomic E-state index is 0.130. The van der Waals surface area contributed by atoms with Crippen LogP contribution in [-0.2, 0) is 9.53 Å². The highest BCUT2D eigenvalue weighted by Gasteiger charge is 2.24. The molecule has 162 valence electrons. The lowest BCUT2D eigenvalue weighted by atomic mass is 10.1. The van der Waals surface area contributed by atoms with Crippen molar-refractivity contribution in [3.63, 3.8) is 0 Å². The first-order valence-corrected chi connectivity index (χ1v) is 10.5. The van der Waals surface area contributed by atoms with Crippen molar-refractivity contribution in [2.75, 3.05) is 45.3 Å². The van der Waals surface area contributed by atoms with Crippen molar-refractivity contribution < 1.29 is 14.3 Å².